The Kier molecular flexibility index (Phi) is 5.95. The molecule has 2 N–H and O–H groups in total. The lowest BCUT2D eigenvalue weighted by Gasteiger charge is -2.14. The van der Waals surface area contributed by atoms with Gasteiger partial charge in [-0.1, -0.05) is 0 Å². The molecule has 0 saturated heterocycles. The molecule has 1 aromatic rings. The number of carbonyl (C=O) groups excluding carboxylic acids is 1. The summed E-state index contributed by atoms with van der Waals surface area (Å²) in [5, 5.41) is 11.5. The zero-order valence-electron chi connectivity index (χ0n) is 11.0. The summed E-state index contributed by atoms with van der Waals surface area (Å²) in [4.78, 5) is 26.9. The zero-order chi connectivity index (χ0) is 14.3. The number of hydrogen-bond acceptors (Lipinski definition) is 4. The molecule has 0 aliphatic rings. The van der Waals surface area contributed by atoms with Crippen molar-refractivity contribution in [1.29, 1.82) is 0 Å². The van der Waals surface area contributed by atoms with Gasteiger partial charge in [0, 0.05) is 25.6 Å². The first-order valence-electron chi connectivity index (χ1n) is 6.00. The average molecular weight is 266 g/mol. The molecule has 6 nitrogen and oxygen atoms in total. The average Bonchev–Trinajstić information content (AvgIpc) is 2.38. The minimum Gasteiger partial charge on any atom is -0.480 e. The number of carbonyl (C=O) groups is 2. The highest BCUT2D eigenvalue weighted by atomic mass is 16.5. The Balaban J connectivity index is 2.60. The van der Waals surface area contributed by atoms with Gasteiger partial charge in [0.15, 0.2) is 0 Å². The predicted molar refractivity (Wildman–Crippen MR) is 69.0 cm³/mol. The van der Waals surface area contributed by atoms with E-state index in [0.717, 1.165) is 5.69 Å². The molecular weight excluding hydrogens is 248 g/mol. The first kappa shape index (κ1) is 15.1. The van der Waals surface area contributed by atoms with E-state index in [-0.39, 0.29) is 0 Å². The molecule has 19 heavy (non-hydrogen) atoms. The summed E-state index contributed by atoms with van der Waals surface area (Å²) in [6.45, 7) is 2.28. The molecule has 1 aromatic heterocycles. The molecule has 0 aromatic carbocycles. The van der Waals surface area contributed by atoms with Gasteiger partial charge in [0.1, 0.15) is 6.04 Å². The van der Waals surface area contributed by atoms with Gasteiger partial charge in [0.05, 0.1) is 5.56 Å². The number of carboxylic acids is 1. The summed E-state index contributed by atoms with van der Waals surface area (Å²) in [6.07, 6.45) is 2.33. The minimum absolute atomic E-state index is 0.328. The Morgan fingerprint density at radius 1 is 1.47 bits per heavy atom. The van der Waals surface area contributed by atoms with Crippen molar-refractivity contribution in [1.82, 2.24) is 10.3 Å². The Hall–Kier alpha value is -1.95. The maximum Gasteiger partial charge on any atom is 0.326 e. The molecule has 0 bridgehead atoms. The van der Waals surface area contributed by atoms with E-state index in [1.54, 1.807) is 19.2 Å². The van der Waals surface area contributed by atoms with Gasteiger partial charge in [-0.05, 0) is 31.9 Å². The van der Waals surface area contributed by atoms with Gasteiger partial charge in [0.2, 0.25) is 0 Å². The van der Waals surface area contributed by atoms with Gasteiger partial charge in [-0.15, -0.1) is 0 Å². The van der Waals surface area contributed by atoms with E-state index >= 15 is 0 Å². The summed E-state index contributed by atoms with van der Waals surface area (Å²) in [6, 6.07) is 2.41. The molecular formula is C13H18N2O4. The Morgan fingerprint density at radius 2 is 2.21 bits per heavy atom. The third kappa shape index (κ3) is 5.05. The highest BCUT2D eigenvalue weighted by molar-refractivity contribution is 5.96. The number of pyridine rings is 1. The lowest BCUT2D eigenvalue weighted by molar-refractivity contribution is -0.139. The standard InChI is InChI=1S/C13H18N2O4/c1-9-5-6-10(8-14-9)12(16)15-11(13(17)18)4-3-7-19-2/h5-6,8,11H,3-4,7H2,1-2H3,(H,15,16)(H,17,18). The normalized spacial score (nSPS) is 11.9. The quantitative estimate of drug-likeness (QED) is 0.719. The predicted octanol–water partition coefficient (Wildman–Crippen LogP) is 1.000. The number of aromatic nitrogens is 1. The molecule has 0 aliphatic carbocycles. The third-order valence-corrected chi connectivity index (χ3v) is 2.62. The van der Waals surface area contributed by atoms with Crippen LogP contribution in [-0.4, -0.2) is 41.7 Å². The number of carboxylic acid groups (broad SMARTS) is 1. The van der Waals surface area contributed by atoms with Crippen molar-refractivity contribution in [3.05, 3.63) is 29.6 Å². The number of ether oxygens (including phenoxy) is 1. The van der Waals surface area contributed by atoms with Crippen LogP contribution >= 0.6 is 0 Å². The van der Waals surface area contributed by atoms with Crippen LogP contribution in [0.1, 0.15) is 28.9 Å². The van der Waals surface area contributed by atoms with Crippen molar-refractivity contribution in [3.8, 4) is 0 Å². The van der Waals surface area contributed by atoms with E-state index in [9.17, 15) is 9.59 Å². The number of rotatable bonds is 7. The SMILES string of the molecule is COCCCC(NC(=O)c1ccc(C)nc1)C(=O)O. The van der Waals surface area contributed by atoms with E-state index < -0.39 is 17.9 Å². The van der Waals surface area contributed by atoms with Gasteiger partial charge in [-0.25, -0.2) is 4.79 Å². The molecule has 0 radical (unpaired) electrons. The van der Waals surface area contributed by atoms with Crippen LogP contribution in [0.3, 0.4) is 0 Å². The summed E-state index contributed by atoms with van der Waals surface area (Å²) in [5.74, 6) is -1.48. The third-order valence-electron chi connectivity index (χ3n) is 2.62. The van der Waals surface area contributed by atoms with Crippen LogP contribution in [0.5, 0.6) is 0 Å². The van der Waals surface area contributed by atoms with Gasteiger partial charge < -0.3 is 15.2 Å². The van der Waals surface area contributed by atoms with Crippen LogP contribution in [0.25, 0.3) is 0 Å². The lowest BCUT2D eigenvalue weighted by Crippen LogP contribution is -2.40. The molecule has 0 saturated carbocycles. The highest BCUT2D eigenvalue weighted by Crippen LogP contribution is 2.03. The summed E-state index contributed by atoms with van der Waals surface area (Å²) < 4.78 is 4.86. The maximum atomic E-state index is 11.9. The number of hydrogen-bond donors (Lipinski definition) is 2. The lowest BCUT2D eigenvalue weighted by atomic mass is 10.1. The summed E-state index contributed by atoms with van der Waals surface area (Å²) >= 11 is 0. The fourth-order valence-corrected chi connectivity index (χ4v) is 1.53. The van der Waals surface area contributed by atoms with Crippen LogP contribution in [0.15, 0.2) is 18.3 Å². The summed E-state index contributed by atoms with van der Waals surface area (Å²) in [5.41, 5.74) is 1.15. The fraction of sp³-hybridized carbons (Fsp3) is 0.462. The number of aryl methyl sites for hydroxylation is 1. The fourth-order valence-electron chi connectivity index (χ4n) is 1.53. The number of nitrogens with zero attached hydrogens (tertiary/aromatic N) is 1. The second kappa shape index (κ2) is 7.48. The molecule has 1 atom stereocenters. The number of amides is 1. The summed E-state index contributed by atoms with van der Waals surface area (Å²) in [7, 11) is 1.55. The van der Waals surface area contributed by atoms with Crippen LogP contribution < -0.4 is 5.32 Å². The minimum atomic E-state index is -1.05. The van der Waals surface area contributed by atoms with Crippen molar-refractivity contribution in [2.45, 2.75) is 25.8 Å². The van der Waals surface area contributed by atoms with Gasteiger partial charge >= 0.3 is 5.97 Å². The Labute approximate surface area is 111 Å². The van der Waals surface area contributed by atoms with Crippen molar-refractivity contribution in [3.63, 3.8) is 0 Å². The van der Waals surface area contributed by atoms with E-state index in [1.165, 1.54) is 6.20 Å². The smallest absolute Gasteiger partial charge is 0.326 e. The van der Waals surface area contributed by atoms with Gasteiger partial charge in [-0.2, -0.15) is 0 Å². The van der Waals surface area contributed by atoms with Crippen molar-refractivity contribution in [2.75, 3.05) is 13.7 Å². The second-order valence-corrected chi connectivity index (χ2v) is 4.19. The van der Waals surface area contributed by atoms with Crippen LogP contribution in [0.2, 0.25) is 0 Å². The highest BCUT2D eigenvalue weighted by Gasteiger charge is 2.20. The largest absolute Gasteiger partial charge is 0.480 e. The molecule has 6 heteroatoms. The first-order valence-corrected chi connectivity index (χ1v) is 6.00. The first-order chi connectivity index (χ1) is 9.04. The maximum absolute atomic E-state index is 11.9. The van der Waals surface area contributed by atoms with Crippen LogP contribution in [0.4, 0.5) is 0 Å². The topological polar surface area (TPSA) is 88.5 Å². The van der Waals surface area contributed by atoms with Crippen molar-refractivity contribution >= 4 is 11.9 Å². The molecule has 0 aliphatic heterocycles. The monoisotopic (exact) mass is 266 g/mol. The number of aliphatic carboxylic acids is 1. The molecule has 104 valence electrons. The van der Waals surface area contributed by atoms with E-state index in [2.05, 4.69) is 10.3 Å². The van der Waals surface area contributed by atoms with Crippen LogP contribution in [-0.2, 0) is 9.53 Å². The van der Waals surface area contributed by atoms with Crippen molar-refractivity contribution in [2.24, 2.45) is 0 Å². The van der Waals surface area contributed by atoms with E-state index in [4.69, 9.17) is 9.84 Å². The van der Waals surface area contributed by atoms with Gasteiger partial charge in [0.25, 0.3) is 5.91 Å². The second-order valence-electron chi connectivity index (χ2n) is 4.19. The zero-order valence-corrected chi connectivity index (χ0v) is 11.0. The molecule has 1 amide bonds. The Bertz CT molecular complexity index is 431. The molecule has 1 rings (SSSR count). The van der Waals surface area contributed by atoms with Crippen LogP contribution in [0, 0.1) is 6.92 Å². The molecule has 0 fully saturated rings. The van der Waals surface area contributed by atoms with Crippen molar-refractivity contribution < 1.29 is 19.4 Å². The number of nitrogens with one attached hydrogen (secondary N) is 1. The number of methoxy groups -OCH3 is 1. The molecule has 1 heterocycles. The Morgan fingerprint density at radius 3 is 2.74 bits per heavy atom. The molecule has 0 spiro atoms. The van der Waals surface area contributed by atoms with E-state index in [1.807, 2.05) is 6.92 Å². The van der Waals surface area contributed by atoms with Gasteiger partial charge in [-0.3, -0.25) is 9.78 Å². The molecule has 1 unspecified atom stereocenters. The van der Waals surface area contributed by atoms with E-state index in [0.29, 0.717) is 25.0 Å².